The summed E-state index contributed by atoms with van der Waals surface area (Å²) in [4.78, 5) is 0. The van der Waals surface area contributed by atoms with E-state index in [0.29, 0.717) is 0 Å². The summed E-state index contributed by atoms with van der Waals surface area (Å²) in [5.41, 5.74) is 2.24. The number of nitriles is 1. The summed E-state index contributed by atoms with van der Waals surface area (Å²) in [6, 6.07) is 2.19. The number of hydrogen-bond donors (Lipinski definition) is 1. The molecule has 1 heterocycles. The molecule has 0 amide bonds. The molecule has 1 N–H and O–H groups in total. The minimum Gasteiger partial charge on any atom is -0.311 e. The van der Waals surface area contributed by atoms with E-state index in [2.05, 4.69) is 16.5 Å². The van der Waals surface area contributed by atoms with E-state index in [1.165, 1.54) is 5.56 Å². The summed E-state index contributed by atoms with van der Waals surface area (Å²) in [6.07, 6.45) is 2.00. The summed E-state index contributed by atoms with van der Waals surface area (Å²) in [5.74, 6) is 0.0620. The van der Waals surface area contributed by atoms with Gasteiger partial charge in [0.2, 0.25) is 0 Å². The fourth-order valence-electron chi connectivity index (χ4n) is 1.29. The van der Waals surface area contributed by atoms with Gasteiger partial charge in [-0.05, 0) is 13.8 Å². The van der Waals surface area contributed by atoms with Gasteiger partial charge in [0, 0.05) is 31.9 Å². The van der Waals surface area contributed by atoms with Crippen LogP contribution in [0.4, 0.5) is 0 Å². The third kappa shape index (κ3) is 2.86. The molecular weight excluding hydrogens is 176 g/mol. The fraction of sp³-hybridized carbons (Fsp3) is 0.600. The number of nitrogens with zero attached hydrogens (tertiary/aromatic N) is 3. The van der Waals surface area contributed by atoms with Crippen LogP contribution in [0.1, 0.15) is 18.2 Å². The van der Waals surface area contributed by atoms with Crippen molar-refractivity contribution in [2.45, 2.75) is 20.4 Å². The summed E-state index contributed by atoms with van der Waals surface area (Å²) in [6.45, 7) is 5.41. The molecule has 0 aliphatic heterocycles. The fourth-order valence-corrected chi connectivity index (χ4v) is 1.29. The maximum Gasteiger partial charge on any atom is 0.0666 e. The Labute approximate surface area is 84.5 Å². The summed E-state index contributed by atoms with van der Waals surface area (Å²) < 4.78 is 1.81. The van der Waals surface area contributed by atoms with Gasteiger partial charge in [0.1, 0.15) is 0 Å². The van der Waals surface area contributed by atoms with Crippen molar-refractivity contribution in [3.8, 4) is 6.07 Å². The second-order valence-electron chi connectivity index (χ2n) is 3.57. The third-order valence-corrected chi connectivity index (χ3v) is 2.10. The number of nitrogens with one attached hydrogen (secondary N) is 1. The lowest BCUT2D eigenvalue weighted by Gasteiger charge is -2.04. The molecule has 4 nitrogen and oxygen atoms in total. The van der Waals surface area contributed by atoms with E-state index in [4.69, 9.17) is 5.26 Å². The third-order valence-electron chi connectivity index (χ3n) is 2.10. The molecule has 1 unspecified atom stereocenters. The molecule has 0 aliphatic rings. The van der Waals surface area contributed by atoms with Crippen LogP contribution in [0.5, 0.6) is 0 Å². The van der Waals surface area contributed by atoms with Crippen LogP contribution in [0.25, 0.3) is 0 Å². The largest absolute Gasteiger partial charge is 0.311 e. The first kappa shape index (κ1) is 10.7. The lowest BCUT2D eigenvalue weighted by Crippen LogP contribution is -2.19. The van der Waals surface area contributed by atoms with Crippen molar-refractivity contribution in [1.29, 1.82) is 5.26 Å². The first-order valence-corrected chi connectivity index (χ1v) is 4.73. The van der Waals surface area contributed by atoms with Gasteiger partial charge in [0.25, 0.3) is 0 Å². The zero-order valence-electron chi connectivity index (χ0n) is 8.91. The summed E-state index contributed by atoms with van der Waals surface area (Å²) in [7, 11) is 1.91. The Morgan fingerprint density at radius 2 is 2.43 bits per heavy atom. The molecule has 0 aromatic carbocycles. The molecule has 1 atom stereocenters. The predicted molar refractivity (Wildman–Crippen MR) is 54.4 cm³/mol. The molecule has 0 radical (unpaired) electrons. The molecule has 0 fully saturated rings. The van der Waals surface area contributed by atoms with Gasteiger partial charge in [0.15, 0.2) is 0 Å². The van der Waals surface area contributed by atoms with E-state index in [0.717, 1.165) is 18.8 Å². The van der Waals surface area contributed by atoms with E-state index >= 15 is 0 Å². The minimum absolute atomic E-state index is 0.0620. The Balaban J connectivity index is 2.39. The molecule has 0 spiro atoms. The lowest BCUT2D eigenvalue weighted by molar-refractivity contribution is 0.600. The monoisotopic (exact) mass is 192 g/mol. The predicted octanol–water partition coefficient (Wildman–Crippen LogP) is 0.978. The van der Waals surface area contributed by atoms with Crippen molar-refractivity contribution >= 4 is 0 Å². The second-order valence-corrected chi connectivity index (χ2v) is 3.57. The highest BCUT2D eigenvalue weighted by Crippen LogP contribution is 2.03. The SMILES string of the molecule is Cc1nn(C)cc1CNCC(C)C#N. The summed E-state index contributed by atoms with van der Waals surface area (Å²) in [5, 5.41) is 16.1. The lowest BCUT2D eigenvalue weighted by atomic mass is 10.2. The van der Waals surface area contributed by atoms with E-state index in [-0.39, 0.29) is 5.92 Å². The van der Waals surface area contributed by atoms with Crippen molar-refractivity contribution in [3.63, 3.8) is 0 Å². The highest BCUT2D eigenvalue weighted by molar-refractivity contribution is 5.14. The van der Waals surface area contributed by atoms with E-state index < -0.39 is 0 Å². The van der Waals surface area contributed by atoms with Crippen LogP contribution in [-0.2, 0) is 13.6 Å². The van der Waals surface area contributed by atoms with Crippen LogP contribution < -0.4 is 5.32 Å². The normalized spacial score (nSPS) is 12.4. The molecule has 14 heavy (non-hydrogen) atoms. The topological polar surface area (TPSA) is 53.6 Å². The second kappa shape index (κ2) is 4.77. The first-order chi connectivity index (χ1) is 6.63. The smallest absolute Gasteiger partial charge is 0.0666 e. The van der Waals surface area contributed by atoms with E-state index in [9.17, 15) is 0 Å². The van der Waals surface area contributed by atoms with Crippen LogP contribution in [0.15, 0.2) is 6.20 Å². The van der Waals surface area contributed by atoms with Gasteiger partial charge in [-0.1, -0.05) is 0 Å². The van der Waals surface area contributed by atoms with Crippen molar-refractivity contribution in [3.05, 3.63) is 17.5 Å². The maximum atomic E-state index is 8.58. The molecule has 1 rings (SSSR count). The van der Waals surface area contributed by atoms with Crippen molar-refractivity contribution in [2.24, 2.45) is 13.0 Å². The minimum atomic E-state index is 0.0620. The van der Waals surface area contributed by atoms with Crippen LogP contribution in [0, 0.1) is 24.2 Å². The Hall–Kier alpha value is -1.34. The Kier molecular flexibility index (Phi) is 3.66. The van der Waals surface area contributed by atoms with Gasteiger partial charge in [-0.3, -0.25) is 4.68 Å². The molecule has 0 bridgehead atoms. The van der Waals surface area contributed by atoms with Crippen LogP contribution >= 0.6 is 0 Å². The number of rotatable bonds is 4. The average molecular weight is 192 g/mol. The summed E-state index contributed by atoms with van der Waals surface area (Å²) >= 11 is 0. The molecule has 1 aromatic rings. The number of hydrogen-bond acceptors (Lipinski definition) is 3. The van der Waals surface area contributed by atoms with Gasteiger partial charge < -0.3 is 5.32 Å². The molecule has 0 saturated carbocycles. The molecule has 4 heteroatoms. The molecule has 0 saturated heterocycles. The Morgan fingerprint density at radius 3 is 2.93 bits per heavy atom. The van der Waals surface area contributed by atoms with E-state index in [1.807, 2.05) is 27.1 Å². The van der Waals surface area contributed by atoms with Gasteiger partial charge in [0.05, 0.1) is 17.7 Å². The van der Waals surface area contributed by atoms with Crippen LogP contribution in [0.2, 0.25) is 0 Å². The van der Waals surface area contributed by atoms with Crippen LogP contribution in [0.3, 0.4) is 0 Å². The number of aryl methyl sites for hydroxylation is 2. The highest BCUT2D eigenvalue weighted by atomic mass is 15.2. The van der Waals surface area contributed by atoms with Gasteiger partial charge in [-0.2, -0.15) is 10.4 Å². The first-order valence-electron chi connectivity index (χ1n) is 4.73. The van der Waals surface area contributed by atoms with Gasteiger partial charge in [-0.15, -0.1) is 0 Å². The Morgan fingerprint density at radius 1 is 1.71 bits per heavy atom. The van der Waals surface area contributed by atoms with Gasteiger partial charge >= 0.3 is 0 Å². The zero-order chi connectivity index (χ0) is 10.6. The molecular formula is C10H16N4. The van der Waals surface area contributed by atoms with E-state index in [1.54, 1.807) is 4.68 Å². The maximum absolute atomic E-state index is 8.58. The molecule has 0 aliphatic carbocycles. The zero-order valence-corrected chi connectivity index (χ0v) is 8.91. The van der Waals surface area contributed by atoms with Crippen LogP contribution in [-0.4, -0.2) is 16.3 Å². The quantitative estimate of drug-likeness (QED) is 0.773. The molecule has 1 aromatic heterocycles. The van der Waals surface area contributed by atoms with Gasteiger partial charge in [-0.25, -0.2) is 0 Å². The number of aromatic nitrogens is 2. The van der Waals surface area contributed by atoms with Crippen molar-refractivity contribution < 1.29 is 0 Å². The highest BCUT2D eigenvalue weighted by Gasteiger charge is 2.03. The molecule has 76 valence electrons. The average Bonchev–Trinajstić information content (AvgIpc) is 2.45. The Bertz CT molecular complexity index is 334. The van der Waals surface area contributed by atoms with Crippen molar-refractivity contribution in [1.82, 2.24) is 15.1 Å². The standard InChI is InChI=1S/C10H16N4/c1-8(4-11)5-12-6-10-7-14(3)13-9(10)2/h7-8,12H,5-6H2,1-3H3. The van der Waals surface area contributed by atoms with Crippen molar-refractivity contribution in [2.75, 3.05) is 6.54 Å².